The molecule has 114 heavy (non-hydrogen) atoms. The van der Waals surface area contributed by atoms with Gasteiger partial charge in [-0.2, -0.15) is 5.10 Å². The zero-order valence-corrected chi connectivity index (χ0v) is 74.8. The number of phenols is 2. The van der Waals surface area contributed by atoms with Gasteiger partial charge in [0.2, 0.25) is 0 Å². The molecule has 13 rings (SSSR count). The Kier molecular flexibility index (Phi) is 47.5. The van der Waals surface area contributed by atoms with Gasteiger partial charge in [0.1, 0.15) is 30.2 Å². The van der Waals surface area contributed by atoms with Crippen molar-refractivity contribution in [2.45, 2.75) is 238 Å². The van der Waals surface area contributed by atoms with E-state index in [0.29, 0.717) is 70.7 Å². The number of aromatic hydroxyl groups is 2. The Bertz CT molecular complexity index is 4100. The number of anilines is 2. The van der Waals surface area contributed by atoms with Gasteiger partial charge in [0, 0.05) is 81.4 Å². The molecule has 4 aromatic heterocycles. The summed E-state index contributed by atoms with van der Waals surface area (Å²) in [7, 11) is 6.25. The van der Waals surface area contributed by atoms with Crippen LogP contribution in [0.2, 0.25) is 5.02 Å². The summed E-state index contributed by atoms with van der Waals surface area (Å²) in [5.74, 6) is 8.29. The summed E-state index contributed by atoms with van der Waals surface area (Å²) >= 11 is 5.75. The molecular formula is C101H142ClN9O3. The topological polar surface area (TPSA) is 149 Å². The van der Waals surface area contributed by atoms with E-state index in [1.54, 1.807) is 42.4 Å². The van der Waals surface area contributed by atoms with Crippen LogP contribution in [0.25, 0.3) is 6.08 Å². The van der Waals surface area contributed by atoms with Crippen molar-refractivity contribution >= 4 is 35.3 Å². The van der Waals surface area contributed by atoms with E-state index >= 15 is 0 Å². The first-order chi connectivity index (χ1) is 54.2. The lowest BCUT2D eigenvalue weighted by Crippen LogP contribution is -2.28. The van der Waals surface area contributed by atoms with Crippen LogP contribution in [0.5, 0.6) is 17.2 Å². The number of likely N-dealkylation sites (N-methyl/N-ethyl adjacent to an activating group) is 1. The quantitative estimate of drug-likeness (QED) is 0.0953. The van der Waals surface area contributed by atoms with Crippen LogP contribution in [-0.4, -0.2) is 80.9 Å². The highest BCUT2D eigenvalue weighted by Crippen LogP contribution is 2.34. The van der Waals surface area contributed by atoms with Crippen LogP contribution < -0.4 is 14.5 Å². The number of halogens is 1. The van der Waals surface area contributed by atoms with Gasteiger partial charge in [-0.25, -0.2) is 9.97 Å². The molecule has 0 radical (unpaired) electrons. The summed E-state index contributed by atoms with van der Waals surface area (Å²) in [5.41, 5.74) is 19.8. The third-order valence-corrected chi connectivity index (χ3v) is 19.2. The number of fused-ring (bicyclic) bond motifs is 2. The second-order valence-electron chi connectivity index (χ2n) is 32.6. The number of rotatable bonds is 13. The number of phenolic OH excluding ortho intramolecular Hbond substituents is 2. The minimum Gasteiger partial charge on any atom is -0.508 e. The van der Waals surface area contributed by atoms with E-state index in [2.05, 4.69) is 303 Å². The Morgan fingerprint density at radius 1 is 0.474 bits per heavy atom. The number of nitrogens with zero attached hydrogens (tertiary/aromatic N) is 8. The number of aromatic nitrogens is 6. The Morgan fingerprint density at radius 2 is 1.00 bits per heavy atom. The van der Waals surface area contributed by atoms with Crippen LogP contribution in [0.3, 0.4) is 0 Å². The van der Waals surface area contributed by atoms with Crippen molar-refractivity contribution in [2.75, 3.05) is 44.1 Å². The first-order valence-corrected chi connectivity index (χ1v) is 41.7. The maximum absolute atomic E-state index is 9.06. The fraction of sp³-hybridized carbons (Fsp3) is 0.426. The fourth-order valence-corrected chi connectivity index (χ4v) is 11.2. The minimum absolute atomic E-state index is 0.337. The zero-order valence-electron chi connectivity index (χ0n) is 74.1. The molecule has 3 aliphatic rings. The Labute approximate surface area is 695 Å². The molecule has 2 aliphatic heterocycles. The maximum Gasteiger partial charge on any atom is 0.142 e. The molecule has 12 nitrogen and oxygen atoms in total. The van der Waals surface area contributed by atoms with Gasteiger partial charge in [-0.15, -0.1) is 0 Å². The molecule has 6 heterocycles. The number of benzene rings is 6. The number of H-pyrrole nitrogens is 1. The van der Waals surface area contributed by atoms with E-state index in [1.165, 1.54) is 104 Å². The largest absolute Gasteiger partial charge is 0.508 e. The molecule has 0 spiro atoms. The van der Waals surface area contributed by atoms with E-state index < -0.39 is 0 Å². The average molecular weight is 1570 g/mol. The number of hydrogen-bond acceptors (Lipinski definition) is 11. The minimum atomic E-state index is 0.337. The van der Waals surface area contributed by atoms with Crippen molar-refractivity contribution in [3.05, 3.63) is 303 Å². The number of hydrogen-bond donors (Lipinski definition) is 3. The molecule has 0 bridgehead atoms. The number of aliphatic imine (C=N–C) groups is 1. The van der Waals surface area contributed by atoms with Crippen LogP contribution in [0.1, 0.15) is 298 Å². The molecule has 0 saturated carbocycles. The SMILES string of the molecule is CC(C)/C=C/c1ccc(Cl)cc1.CC(C)C1=CCCCC1.CC(C)c1ccc(O)cc1.CC(C)c1ccc2c(c1)C=NC2.CC(C)c1ccc2c(c1)OCCN2C.CC(C)c1cccc(N(C)C)c1.CC(C)c1cccc(O)c1.CC(C)c1cccnc1.CC(C)c1ccncc1.CC(C)c1cn[nH]c1.CC(C)c1cncnc1. The molecular weight excluding hydrogens is 1420 g/mol. The second kappa shape index (κ2) is 55.0. The normalized spacial score (nSPS) is 12.1. The van der Waals surface area contributed by atoms with Crippen molar-refractivity contribution in [3.63, 3.8) is 0 Å². The van der Waals surface area contributed by atoms with Crippen molar-refractivity contribution < 1.29 is 14.9 Å². The molecule has 6 aromatic carbocycles. The van der Waals surface area contributed by atoms with Crippen molar-refractivity contribution in [1.82, 2.24) is 30.1 Å². The molecule has 1 aliphatic carbocycles. The van der Waals surface area contributed by atoms with Gasteiger partial charge in [-0.1, -0.05) is 261 Å². The predicted molar refractivity (Wildman–Crippen MR) is 493 cm³/mol. The van der Waals surface area contributed by atoms with Crippen molar-refractivity contribution in [2.24, 2.45) is 16.8 Å². The fourth-order valence-electron chi connectivity index (χ4n) is 11.0. The highest BCUT2D eigenvalue weighted by Gasteiger charge is 2.16. The van der Waals surface area contributed by atoms with Gasteiger partial charge >= 0.3 is 0 Å². The molecule has 0 unspecified atom stereocenters. The van der Waals surface area contributed by atoms with Gasteiger partial charge in [-0.05, 0) is 242 Å². The monoisotopic (exact) mass is 1560 g/mol. The Balaban J connectivity index is 0.000000326. The van der Waals surface area contributed by atoms with Gasteiger partial charge in [0.25, 0.3) is 0 Å². The maximum atomic E-state index is 9.06. The summed E-state index contributed by atoms with van der Waals surface area (Å²) in [6.45, 7) is 50.5. The number of allylic oxidation sites excluding steroid dienone is 3. The van der Waals surface area contributed by atoms with E-state index in [9.17, 15) is 0 Å². The zero-order chi connectivity index (χ0) is 84.7. The molecule has 3 N–H and O–H groups in total. The molecule has 0 atom stereocenters. The van der Waals surface area contributed by atoms with Crippen LogP contribution in [0.4, 0.5) is 11.4 Å². The summed E-state index contributed by atoms with van der Waals surface area (Å²) < 4.78 is 5.64. The van der Waals surface area contributed by atoms with Gasteiger partial charge in [0.15, 0.2) is 0 Å². The van der Waals surface area contributed by atoms with Crippen LogP contribution in [-0.2, 0) is 6.54 Å². The van der Waals surface area contributed by atoms with E-state index in [1.807, 2.05) is 116 Å². The first-order valence-electron chi connectivity index (χ1n) is 41.3. The summed E-state index contributed by atoms with van der Waals surface area (Å²) in [6.07, 6.45) is 30.6. The van der Waals surface area contributed by atoms with Crippen LogP contribution in [0.15, 0.2) is 236 Å². The lowest BCUT2D eigenvalue weighted by atomic mass is 9.92. The van der Waals surface area contributed by atoms with E-state index in [4.69, 9.17) is 26.6 Å². The van der Waals surface area contributed by atoms with Gasteiger partial charge in [0.05, 0.1) is 25.0 Å². The van der Waals surface area contributed by atoms with Crippen LogP contribution in [0, 0.1) is 11.8 Å². The number of ether oxygens (including phenoxy) is 1. The molecule has 0 fully saturated rings. The lowest BCUT2D eigenvalue weighted by molar-refractivity contribution is 0.311. The van der Waals surface area contributed by atoms with Gasteiger partial charge in [-0.3, -0.25) is 20.1 Å². The summed E-state index contributed by atoms with van der Waals surface area (Å²) in [6, 6.07) is 52.5. The first kappa shape index (κ1) is 98.5. The third kappa shape index (κ3) is 40.9. The predicted octanol–water partition coefficient (Wildman–Crippen LogP) is 28.0. The third-order valence-electron chi connectivity index (χ3n) is 19.0. The van der Waals surface area contributed by atoms with E-state index in [0.717, 1.165) is 36.4 Å². The number of nitrogens with one attached hydrogen (secondary N) is 1. The standard InChI is InChI=1S/C12H17NO.C11H13Cl.C11H13N.C11H17N.2C9H12O.C9H16.2C8H11N.C7H10N2.C6H10N2/c1-9(2)10-4-5-11-12(8-10)14-7-6-13(11)3;1-9(2)3-4-10-5-7-11(12)8-6-10;1-8(2)9-3-4-10-6-12-7-11(10)5-9;1-9(2)10-6-5-7-11(8-10)12(3)4;1-7(2)8-3-5-9(10)6-4-8;1-7(2)8-4-3-5-9(10)6-8;1-8(2)9-6-4-3-5-7-9;1-7(2)8-3-5-9-6-4-8;1-7(2)8-4-3-5-9-6-8;1-6(2)7-3-8-5-9-4-7;1-5(2)6-3-7-8-4-6/h4-5,8-9H,6-7H2,1-3H3;3-9H,1-2H3;3-5,7-8H,6H2,1-2H3;5-9H,1-4H3;2*3-7,10H,1-2H3;6,8H,3-5,7H2,1-2H3;2*3-7H,1-2H3;3-6H,1-2H3;3-5H,1-2H3,(H,7,8)/b;4-3+;;;;;;;;;. The summed E-state index contributed by atoms with van der Waals surface area (Å²) in [4.78, 5) is 24.3. The number of pyridine rings is 2. The lowest BCUT2D eigenvalue weighted by Gasteiger charge is -2.28. The van der Waals surface area contributed by atoms with Crippen molar-refractivity contribution in [1.29, 1.82) is 0 Å². The molecule has 0 amide bonds. The highest BCUT2D eigenvalue weighted by atomic mass is 35.5. The van der Waals surface area contributed by atoms with Gasteiger partial charge < -0.3 is 24.7 Å². The second-order valence-corrected chi connectivity index (χ2v) is 33.0. The number of aromatic amines is 1. The van der Waals surface area contributed by atoms with Crippen molar-refractivity contribution in [3.8, 4) is 17.2 Å². The Morgan fingerprint density at radius 3 is 1.46 bits per heavy atom. The molecule has 0 saturated heterocycles. The highest BCUT2D eigenvalue weighted by molar-refractivity contribution is 6.30. The summed E-state index contributed by atoms with van der Waals surface area (Å²) in [5, 5.41) is 25.4. The molecule has 10 aromatic rings. The average Bonchev–Trinajstić information content (AvgIpc) is 0.965. The van der Waals surface area contributed by atoms with Crippen LogP contribution >= 0.6 is 11.6 Å². The van der Waals surface area contributed by atoms with E-state index in [-0.39, 0.29) is 0 Å². The Hall–Kier alpha value is -9.65. The molecule has 13 heteroatoms. The smallest absolute Gasteiger partial charge is 0.142 e. The molecule has 616 valence electrons.